The zero-order valence-electron chi connectivity index (χ0n) is 12.9. The SMILES string of the molecule is CC(C)CCCc1cc(C(=O)O)c(O)c(C(C)C)c1.[Zn]. The third-order valence-corrected chi connectivity index (χ3v) is 3.30. The summed E-state index contributed by atoms with van der Waals surface area (Å²) in [5.41, 5.74) is 1.74. The normalized spacial score (nSPS) is 10.7. The first kappa shape index (κ1) is 19.1. The summed E-state index contributed by atoms with van der Waals surface area (Å²) in [6.45, 7) is 8.27. The van der Waals surface area contributed by atoms with Crippen LogP contribution >= 0.6 is 0 Å². The standard InChI is InChI=1S/C16H24O3.Zn/c1-10(2)6-5-7-12-8-13(11(3)4)15(17)14(9-12)16(18)19;/h8-11,17H,5-7H2,1-4H3,(H,18,19);. The van der Waals surface area contributed by atoms with Gasteiger partial charge in [0.15, 0.2) is 0 Å². The Morgan fingerprint density at radius 3 is 2.25 bits per heavy atom. The first-order valence-electron chi connectivity index (χ1n) is 6.92. The van der Waals surface area contributed by atoms with Gasteiger partial charge in [0.2, 0.25) is 0 Å². The summed E-state index contributed by atoms with van der Waals surface area (Å²) in [5, 5.41) is 19.1. The van der Waals surface area contributed by atoms with E-state index < -0.39 is 5.97 Å². The predicted octanol–water partition coefficient (Wildman–Crippen LogP) is 4.19. The van der Waals surface area contributed by atoms with Gasteiger partial charge < -0.3 is 10.2 Å². The second-order valence-corrected chi connectivity index (χ2v) is 5.83. The second kappa shape index (κ2) is 8.41. The molecule has 108 valence electrons. The van der Waals surface area contributed by atoms with E-state index in [1.165, 1.54) is 0 Å². The van der Waals surface area contributed by atoms with Gasteiger partial charge in [-0.25, -0.2) is 4.79 Å². The molecular weight excluding hydrogens is 306 g/mol. The van der Waals surface area contributed by atoms with Crippen LogP contribution in [0.4, 0.5) is 0 Å². The third kappa shape index (κ3) is 5.24. The molecule has 0 saturated heterocycles. The average Bonchev–Trinajstić information content (AvgIpc) is 2.29. The number of carboxylic acid groups (broad SMARTS) is 1. The van der Waals surface area contributed by atoms with E-state index in [-0.39, 0.29) is 36.7 Å². The maximum atomic E-state index is 11.2. The Morgan fingerprint density at radius 2 is 1.80 bits per heavy atom. The van der Waals surface area contributed by atoms with Crippen molar-refractivity contribution in [1.82, 2.24) is 0 Å². The molecule has 0 aromatic heterocycles. The molecule has 20 heavy (non-hydrogen) atoms. The summed E-state index contributed by atoms with van der Waals surface area (Å²) in [6.07, 6.45) is 3.03. The van der Waals surface area contributed by atoms with Gasteiger partial charge in [0, 0.05) is 19.5 Å². The Kier molecular flexibility index (Phi) is 8.04. The minimum atomic E-state index is -1.06. The Hall–Kier alpha value is -0.887. The summed E-state index contributed by atoms with van der Waals surface area (Å²) in [4.78, 5) is 11.2. The molecule has 0 amide bonds. The number of carboxylic acids is 1. The number of carbonyl (C=O) groups is 1. The molecule has 0 fully saturated rings. The molecule has 3 nitrogen and oxygen atoms in total. The van der Waals surface area contributed by atoms with Gasteiger partial charge in [-0.15, -0.1) is 0 Å². The number of phenols is 1. The van der Waals surface area contributed by atoms with Gasteiger partial charge in [0.25, 0.3) is 0 Å². The van der Waals surface area contributed by atoms with E-state index in [4.69, 9.17) is 5.11 Å². The topological polar surface area (TPSA) is 57.5 Å². The van der Waals surface area contributed by atoms with Crippen LogP contribution in [0, 0.1) is 5.92 Å². The van der Waals surface area contributed by atoms with Crippen molar-refractivity contribution in [3.63, 3.8) is 0 Å². The van der Waals surface area contributed by atoms with Crippen LogP contribution in [-0.4, -0.2) is 16.2 Å². The molecule has 1 aromatic carbocycles. The van der Waals surface area contributed by atoms with Crippen LogP contribution < -0.4 is 0 Å². The first-order valence-corrected chi connectivity index (χ1v) is 6.92. The number of hydrogen-bond acceptors (Lipinski definition) is 2. The van der Waals surface area contributed by atoms with Crippen molar-refractivity contribution in [2.45, 2.75) is 52.9 Å². The van der Waals surface area contributed by atoms with Crippen LogP contribution in [-0.2, 0) is 25.9 Å². The van der Waals surface area contributed by atoms with Gasteiger partial charge in [-0.2, -0.15) is 0 Å². The zero-order valence-corrected chi connectivity index (χ0v) is 15.9. The smallest absolute Gasteiger partial charge is 0.339 e. The van der Waals surface area contributed by atoms with E-state index in [0.29, 0.717) is 5.92 Å². The van der Waals surface area contributed by atoms with Gasteiger partial charge in [0.1, 0.15) is 11.3 Å². The number of aromatic hydroxyl groups is 1. The number of rotatable bonds is 6. The van der Waals surface area contributed by atoms with Crippen LogP contribution in [0.25, 0.3) is 0 Å². The third-order valence-electron chi connectivity index (χ3n) is 3.30. The van der Waals surface area contributed by atoms with Crippen molar-refractivity contribution < 1.29 is 34.5 Å². The molecule has 0 aliphatic carbocycles. The van der Waals surface area contributed by atoms with Gasteiger partial charge in [-0.3, -0.25) is 0 Å². The van der Waals surface area contributed by atoms with E-state index in [1.807, 2.05) is 19.9 Å². The molecule has 0 aliphatic heterocycles. The molecule has 0 saturated carbocycles. The van der Waals surface area contributed by atoms with E-state index >= 15 is 0 Å². The van der Waals surface area contributed by atoms with Gasteiger partial charge in [0.05, 0.1) is 0 Å². The molecule has 0 spiro atoms. The minimum absolute atomic E-state index is 0. The fourth-order valence-corrected chi connectivity index (χ4v) is 2.18. The monoisotopic (exact) mass is 328 g/mol. The van der Waals surface area contributed by atoms with Gasteiger partial charge >= 0.3 is 5.97 Å². The van der Waals surface area contributed by atoms with Crippen molar-refractivity contribution in [2.24, 2.45) is 5.92 Å². The summed E-state index contributed by atoms with van der Waals surface area (Å²) in [6, 6.07) is 3.54. The summed E-state index contributed by atoms with van der Waals surface area (Å²) < 4.78 is 0. The van der Waals surface area contributed by atoms with Crippen LogP contribution in [0.15, 0.2) is 12.1 Å². The summed E-state index contributed by atoms with van der Waals surface area (Å²) in [7, 11) is 0. The van der Waals surface area contributed by atoms with Gasteiger partial charge in [-0.05, 0) is 41.9 Å². The molecule has 4 heteroatoms. The van der Waals surface area contributed by atoms with Crippen LogP contribution in [0.2, 0.25) is 0 Å². The number of benzene rings is 1. The Labute approximate surface area is 134 Å². The van der Waals surface area contributed by atoms with E-state index in [1.54, 1.807) is 6.07 Å². The molecule has 0 unspecified atom stereocenters. The quantitative estimate of drug-likeness (QED) is 0.769. The number of hydrogen-bond donors (Lipinski definition) is 2. The second-order valence-electron chi connectivity index (χ2n) is 5.83. The molecule has 0 atom stereocenters. The van der Waals surface area contributed by atoms with Crippen molar-refractivity contribution in [3.8, 4) is 5.75 Å². The maximum absolute atomic E-state index is 11.2. The molecular formula is C16H24O3Zn. The van der Waals surface area contributed by atoms with Crippen molar-refractivity contribution in [2.75, 3.05) is 0 Å². The zero-order chi connectivity index (χ0) is 14.6. The van der Waals surface area contributed by atoms with Crippen molar-refractivity contribution in [1.29, 1.82) is 0 Å². The maximum Gasteiger partial charge on any atom is 0.339 e. The van der Waals surface area contributed by atoms with Crippen LogP contribution in [0.1, 0.15) is 67.9 Å². The predicted molar refractivity (Wildman–Crippen MR) is 76.9 cm³/mol. The molecule has 1 rings (SSSR count). The number of aryl methyl sites for hydroxylation is 1. The minimum Gasteiger partial charge on any atom is -0.507 e. The van der Waals surface area contributed by atoms with Gasteiger partial charge in [-0.1, -0.05) is 40.2 Å². The Morgan fingerprint density at radius 1 is 1.20 bits per heavy atom. The van der Waals surface area contributed by atoms with Crippen molar-refractivity contribution in [3.05, 3.63) is 28.8 Å². The van der Waals surface area contributed by atoms with E-state index in [2.05, 4.69) is 13.8 Å². The average molecular weight is 330 g/mol. The first-order chi connectivity index (χ1) is 8.82. The molecule has 2 N–H and O–H groups in total. The van der Waals surface area contributed by atoms with Crippen LogP contribution in [0.3, 0.4) is 0 Å². The fraction of sp³-hybridized carbons (Fsp3) is 0.562. The molecule has 0 heterocycles. The molecule has 0 radical (unpaired) electrons. The molecule has 0 aliphatic rings. The number of aromatic carboxylic acids is 1. The molecule has 0 bridgehead atoms. The summed E-state index contributed by atoms with van der Waals surface area (Å²) in [5.74, 6) is -0.385. The molecule has 1 aromatic rings. The Bertz CT molecular complexity index is 453. The van der Waals surface area contributed by atoms with E-state index in [0.717, 1.165) is 30.4 Å². The van der Waals surface area contributed by atoms with E-state index in [9.17, 15) is 9.90 Å². The Balaban J connectivity index is 0.00000361. The summed E-state index contributed by atoms with van der Waals surface area (Å²) >= 11 is 0. The fourth-order valence-electron chi connectivity index (χ4n) is 2.18. The van der Waals surface area contributed by atoms with Crippen LogP contribution in [0.5, 0.6) is 5.75 Å². The van der Waals surface area contributed by atoms with Crippen molar-refractivity contribution >= 4 is 5.97 Å². The largest absolute Gasteiger partial charge is 0.507 e.